The summed E-state index contributed by atoms with van der Waals surface area (Å²) < 4.78 is 5.67. The molecular formula is C9H13BrN2O2. The van der Waals surface area contributed by atoms with Crippen LogP contribution >= 0.6 is 15.9 Å². The summed E-state index contributed by atoms with van der Waals surface area (Å²) in [6.45, 7) is 3.76. The summed E-state index contributed by atoms with van der Waals surface area (Å²) in [7, 11) is 1.60. The molecule has 0 amide bonds. The molecule has 0 radical (unpaired) electrons. The third-order valence-electron chi connectivity index (χ3n) is 2.01. The van der Waals surface area contributed by atoms with Crippen LogP contribution in [0.4, 0.5) is 0 Å². The van der Waals surface area contributed by atoms with Gasteiger partial charge in [-0.1, -0.05) is 6.92 Å². The highest BCUT2D eigenvalue weighted by Gasteiger charge is 2.13. The van der Waals surface area contributed by atoms with Crippen molar-refractivity contribution in [3.05, 3.63) is 26.3 Å². The van der Waals surface area contributed by atoms with Gasteiger partial charge in [-0.3, -0.25) is 4.79 Å². The van der Waals surface area contributed by atoms with Crippen LogP contribution in [0.5, 0.6) is 0 Å². The van der Waals surface area contributed by atoms with Crippen LogP contribution in [0.1, 0.15) is 31.0 Å². The molecule has 0 bridgehead atoms. The molecule has 1 N–H and O–H groups in total. The van der Waals surface area contributed by atoms with E-state index < -0.39 is 0 Å². The molecule has 0 spiro atoms. The second-order valence-electron chi connectivity index (χ2n) is 2.98. The number of hydrogen-bond donors (Lipinski definition) is 1. The quantitative estimate of drug-likeness (QED) is 0.904. The topological polar surface area (TPSA) is 55.0 Å². The first kappa shape index (κ1) is 11.4. The molecule has 78 valence electrons. The van der Waals surface area contributed by atoms with E-state index in [4.69, 9.17) is 4.74 Å². The molecule has 1 rings (SSSR count). The molecule has 1 aromatic heterocycles. The van der Waals surface area contributed by atoms with Crippen LogP contribution in [0.3, 0.4) is 0 Å². The van der Waals surface area contributed by atoms with E-state index in [1.165, 1.54) is 0 Å². The highest BCUT2D eigenvalue weighted by Crippen LogP contribution is 2.16. The van der Waals surface area contributed by atoms with Gasteiger partial charge in [0.05, 0.1) is 5.69 Å². The zero-order valence-corrected chi connectivity index (χ0v) is 10.0. The number of nitrogens with one attached hydrogen (secondary N) is 1. The van der Waals surface area contributed by atoms with E-state index in [1.807, 2.05) is 6.92 Å². The summed E-state index contributed by atoms with van der Waals surface area (Å²) in [5.41, 5.74) is 0.516. The first-order chi connectivity index (χ1) is 6.60. The Morgan fingerprint density at radius 3 is 2.71 bits per heavy atom. The lowest BCUT2D eigenvalue weighted by atomic mass is 10.2. The monoisotopic (exact) mass is 260 g/mol. The Kier molecular flexibility index (Phi) is 3.83. The van der Waals surface area contributed by atoms with Gasteiger partial charge in [0.15, 0.2) is 0 Å². The fraction of sp³-hybridized carbons (Fsp3) is 0.556. The van der Waals surface area contributed by atoms with Gasteiger partial charge in [-0.15, -0.1) is 0 Å². The van der Waals surface area contributed by atoms with Gasteiger partial charge in [-0.2, -0.15) is 0 Å². The average molecular weight is 261 g/mol. The van der Waals surface area contributed by atoms with Crippen molar-refractivity contribution < 1.29 is 4.74 Å². The van der Waals surface area contributed by atoms with Crippen LogP contribution in [0.25, 0.3) is 0 Å². The van der Waals surface area contributed by atoms with Gasteiger partial charge in [-0.05, 0) is 29.3 Å². The lowest BCUT2D eigenvalue weighted by molar-refractivity contribution is 0.0921. The molecule has 1 unspecified atom stereocenters. The molecule has 1 aromatic rings. The van der Waals surface area contributed by atoms with Crippen molar-refractivity contribution in [2.75, 3.05) is 7.11 Å². The van der Waals surface area contributed by atoms with Gasteiger partial charge in [0.2, 0.25) is 0 Å². The maximum Gasteiger partial charge on any atom is 0.265 e. The summed E-state index contributed by atoms with van der Waals surface area (Å²) in [6.07, 6.45) is 0.634. The van der Waals surface area contributed by atoms with Gasteiger partial charge in [-0.25, -0.2) is 4.98 Å². The standard InChI is InChI=1S/C9H13BrN2O2/c1-4-6(14-3)8-11-5(2)7(10)9(13)12-8/h6H,4H2,1-3H3,(H,11,12,13). The summed E-state index contributed by atoms with van der Waals surface area (Å²) in [6, 6.07) is 0. The highest BCUT2D eigenvalue weighted by molar-refractivity contribution is 9.10. The molecule has 0 aromatic carbocycles. The van der Waals surface area contributed by atoms with Crippen molar-refractivity contribution in [1.82, 2.24) is 9.97 Å². The van der Waals surface area contributed by atoms with Gasteiger partial charge >= 0.3 is 0 Å². The minimum absolute atomic E-state index is 0.144. The Bertz CT molecular complexity index is 372. The van der Waals surface area contributed by atoms with Crippen molar-refractivity contribution in [2.24, 2.45) is 0 Å². The number of aromatic nitrogens is 2. The molecule has 14 heavy (non-hydrogen) atoms. The number of aryl methyl sites for hydroxylation is 1. The first-order valence-corrected chi connectivity index (χ1v) is 5.18. The maximum absolute atomic E-state index is 11.4. The predicted octanol–water partition coefficient (Wildman–Crippen LogP) is 1.94. The van der Waals surface area contributed by atoms with Gasteiger partial charge in [0, 0.05) is 7.11 Å². The van der Waals surface area contributed by atoms with Crippen LogP contribution in [0.2, 0.25) is 0 Å². The van der Waals surface area contributed by atoms with Crippen molar-refractivity contribution >= 4 is 15.9 Å². The zero-order chi connectivity index (χ0) is 10.7. The van der Waals surface area contributed by atoms with Gasteiger partial charge < -0.3 is 9.72 Å². The number of H-pyrrole nitrogens is 1. The lowest BCUT2D eigenvalue weighted by Gasteiger charge is -2.12. The number of methoxy groups -OCH3 is 1. The number of halogens is 1. The molecule has 0 fully saturated rings. The average Bonchev–Trinajstić information content (AvgIpc) is 2.16. The number of rotatable bonds is 3. The van der Waals surface area contributed by atoms with E-state index in [2.05, 4.69) is 25.9 Å². The Morgan fingerprint density at radius 2 is 2.29 bits per heavy atom. The third-order valence-corrected chi connectivity index (χ3v) is 2.94. The Balaban J connectivity index is 3.18. The van der Waals surface area contributed by atoms with Crippen LogP contribution in [-0.2, 0) is 4.74 Å². The Labute approximate surface area is 90.8 Å². The largest absolute Gasteiger partial charge is 0.374 e. The van der Waals surface area contributed by atoms with E-state index in [-0.39, 0.29) is 11.7 Å². The number of ether oxygens (including phenoxy) is 1. The van der Waals surface area contributed by atoms with Crippen molar-refractivity contribution in [1.29, 1.82) is 0 Å². The number of aromatic amines is 1. The van der Waals surface area contributed by atoms with E-state index in [0.29, 0.717) is 16.0 Å². The summed E-state index contributed by atoms with van der Waals surface area (Å²) in [5, 5.41) is 0. The molecular weight excluding hydrogens is 248 g/mol. The van der Waals surface area contributed by atoms with Crippen LogP contribution < -0.4 is 5.56 Å². The molecule has 4 nitrogen and oxygen atoms in total. The van der Waals surface area contributed by atoms with Crippen molar-refractivity contribution in [3.8, 4) is 0 Å². The summed E-state index contributed by atoms with van der Waals surface area (Å²) in [5.74, 6) is 0.584. The summed E-state index contributed by atoms with van der Waals surface area (Å²) in [4.78, 5) is 18.3. The molecule has 0 aliphatic carbocycles. The van der Waals surface area contributed by atoms with E-state index in [1.54, 1.807) is 14.0 Å². The Morgan fingerprint density at radius 1 is 1.64 bits per heavy atom. The normalized spacial score (nSPS) is 12.9. The van der Waals surface area contributed by atoms with Crippen LogP contribution in [-0.4, -0.2) is 17.1 Å². The first-order valence-electron chi connectivity index (χ1n) is 4.39. The molecule has 5 heteroatoms. The predicted molar refractivity (Wildman–Crippen MR) is 57.3 cm³/mol. The highest BCUT2D eigenvalue weighted by atomic mass is 79.9. The second kappa shape index (κ2) is 4.70. The molecule has 0 aliphatic rings. The lowest BCUT2D eigenvalue weighted by Crippen LogP contribution is -2.17. The van der Waals surface area contributed by atoms with E-state index in [0.717, 1.165) is 6.42 Å². The molecule has 1 heterocycles. The minimum atomic E-state index is -0.164. The molecule has 0 saturated carbocycles. The number of hydrogen-bond acceptors (Lipinski definition) is 3. The summed E-state index contributed by atoms with van der Waals surface area (Å²) >= 11 is 3.16. The van der Waals surface area contributed by atoms with E-state index in [9.17, 15) is 4.79 Å². The second-order valence-corrected chi connectivity index (χ2v) is 3.78. The van der Waals surface area contributed by atoms with Crippen molar-refractivity contribution in [2.45, 2.75) is 26.4 Å². The fourth-order valence-corrected chi connectivity index (χ4v) is 1.41. The minimum Gasteiger partial charge on any atom is -0.374 e. The molecule has 0 saturated heterocycles. The SMILES string of the molecule is CCC(OC)c1nc(C)c(Br)c(=O)[nH]1. The van der Waals surface area contributed by atoms with Crippen LogP contribution in [0, 0.1) is 6.92 Å². The smallest absolute Gasteiger partial charge is 0.265 e. The van der Waals surface area contributed by atoms with E-state index >= 15 is 0 Å². The molecule has 1 atom stereocenters. The van der Waals surface area contributed by atoms with Crippen LogP contribution in [0.15, 0.2) is 9.27 Å². The molecule has 0 aliphatic heterocycles. The van der Waals surface area contributed by atoms with Gasteiger partial charge in [0.1, 0.15) is 16.4 Å². The Hall–Kier alpha value is -0.680. The fourth-order valence-electron chi connectivity index (χ4n) is 1.22. The van der Waals surface area contributed by atoms with Gasteiger partial charge in [0.25, 0.3) is 5.56 Å². The zero-order valence-electron chi connectivity index (χ0n) is 8.43. The number of nitrogens with zero attached hydrogens (tertiary/aromatic N) is 1. The third kappa shape index (κ3) is 2.22. The maximum atomic E-state index is 11.4. The van der Waals surface area contributed by atoms with Crippen molar-refractivity contribution in [3.63, 3.8) is 0 Å².